The predicted molar refractivity (Wildman–Crippen MR) is 27.6 cm³/mol. The van der Waals surface area contributed by atoms with E-state index < -0.39 is 5.54 Å². The fourth-order valence-electron chi connectivity index (χ4n) is 0.124. The third kappa shape index (κ3) is 5.38. The Labute approximate surface area is 43.3 Å². The van der Waals surface area contributed by atoms with Crippen LogP contribution in [0.5, 0.6) is 0 Å². The Balaban J connectivity index is 3.80. The first-order chi connectivity index (χ1) is 3.06. The molecule has 0 aromatic heterocycles. The van der Waals surface area contributed by atoms with Gasteiger partial charge in [0.2, 0.25) is 6.08 Å². The van der Waals surface area contributed by atoms with Crippen molar-refractivity contribution in [3.8, 4) is 0 Å². The monoisotopic (exact) mass is 98.1 g/mol. The minimum Gasteiger partial charge on any atom is -0.211 e. The van der Waals surface area contributed by atoms with Gasteiger partial charge in [0.25, 0.3) is 0 Å². The number of aliphatic imine (C=N–C) groups is 1. The smallest absolute Gasteiger partial charge is 0.211 e. The summed E-state index contributed by atoms with van der Waals surface area (Å²) in [6.07, 6.45) is 1.42. The van der Waals surface area contributed by atoms with Gasteiger partial charge in [-0.25, -0.2) is 4.79 Å². The van der Waals surface area contributed by atoms with Crippen molar-refractivity contribution in [2.75, 3.05) is 0 Å². The molecule has 39 valence electrons. The molecule has 0 aliphatic heterocycles. The lowest BCUT2D eigenvalue weighted by molar-refractivity contribution is 0.550. The lowest BCUT2D eigenvalue weighted by Crippen LogP contribution is -2.08. The van der Waals surface area contributed by atoms with Gasteiger partial charge in [-0.2, -0.15) is 4.99 Å². The normalized spacial score (nSPS) is 10.1. The van der Waals surface area contributed by atoms with Crippen LogP contribution in [0.4, 0.5) is 0 Å². The highest BCUT2D eigenvalue weighted by molar-refractivity contribution is 5.34. The molecule has 0 fully saturated rings. The van der Waals surface area contributed by atoms with Crippen LogP contribution in [0.25, 0.3) is 0 Å². The zero-order chi connectivity index (χ0) is 5.91. The zero-order valence-corrected chi connectivity index (χ0v) is 4.56. The molecule has 0 bridgehead atoms. The van der Waals surface area contributed by atoms with Crippen LogP contribution in [-0.4, -0.2) is 11.6 Å². The Hall–Kier alpha value is -0.620. The fraction of sp³-hybridized carbons (Fsp3) is 0.600. The summed E-state index contributed by atoms with van der Waals surface area (Å²) >= 11 is 0. The molecular formula is C5H8NO. The van der Waals surface area contributed by atoms with E-state index in [9.17, 15) is 4.79 Å². The van der Waals surface area contributed by atoms with Gasteiger partial charge in [-0.15, -0.1) is 0 Å². The molecule has 0 atom stereocenters. The van der Waals surface area contributed by atoms with E-state index >= 15 is 0 Å². The third-order valence-electron chi connectivity index (χ3n) is 0.348. The molecule has 0 saturated heterocycles. The van der Waals surface area contributed by atoms with E-state index in [2.05, 4.69) is 11.9 Å². The van der Waals surface area contributed by atoms with Crippen LogP contribution in [-0.2, 0) is 4.79 Å². The van der Waals surface area contributed by atoms with E-state index in [1.807, 2.05) is 0 Å². The van der Waals surface area contributed by atoms with Crippen molar-refractivity contribution >= 4 is 6.08 Å². The maximum absolute atomic E-state index is 9.49. The van der Waals surface area contributed by atoms with Gasteiger partial charge in [0.05, 0.1) is 5.54 Å². The number of rotatable bonds is 1. The van der Waals surface area contributed by atoms with E-state index in [4.69, 9.17) is 0 Å². The van der Waals surface area contributed by atoms with Gasteiger partial charge < -0.3 is 0 Å². The summed E-state index contributed by atoms with van der Waals surface area (Å²) in [6, 6.07) is 0. The first-order valence-electron chi connectivity index (χ1n) is 2.00. The van der Waals surface area contributed by atoms with E-state index in [0.29, 0.717) is 0 Å². The van der Waals surface area contributed by atoms with Crippen molar-refractivity contribution in [1.82, 2.24) is 0 Å². The van der Waals surface area contributed by atoms with Gasteiger partial charge in [-0.3, -0.25) is 0 Å². The molecule has 0 rings (SSSR count). The van der Waals surface area contributed by atoms with Crippen molar-refractivity contribution in [1.29, 1.82) is 0 Å². The summed E-state index contributed by atoms with van der Waals surface area (Å²) < 4.78 is 0. The molecule has 0 N–H and O–H groups in total. The number of carbonyl (C=O) groups excluding carboxylic acids is 1. The third-order valence-corrected chi connectivity index (χ3v) is 0.348. The number of isocyanates is 1. The molecule has 0 aromatic rings. The van der Waals surface area contributed by atoms with Crippen LogP contribution in [0.3, 0.4) is 0 Å². The molecule has 0 amide bonds. The molecule has 2 heteroatoms. The average molecular weight is 98.1 g/mol. The SMILES string of the molecule is [CH2]C(C)(C)N=C=O. The summed E-state index contributed by atoms with van der Waals surface area (Å²) in [4.78, 5) is 12.8. The quantitative estimate of drug-likeness (QED) is 0.354. The second kappa shape index (κ2) is 1.90. The second-order valence-electron chi connectivity index (χ2n) is 2.02. The van der Waals surface area contributed by atoms with Gasteiger partial charge in [0, 0.05) is 0 Å². The van der Waals surface area contributed by atoms with E-state index in [1.165, 1.54) is 6.08 Å². The Bertz CT molecular complexity index is 95.1. The largest absolute Gasteiger partial charge is 0.235 e. The number of nitrogens with zero attached hydrogens (tertiary/aromatic N) is 1. The van der Waals surface area contributed by atoms with Crippen LogP contribution in [0.15, 0.2) is 4.99 Å². The Morgan fingerprint density at radius 2 is 2.14 bits per heavy atom. The van der Waals surface area contributed by atoms with Crippen molar-refractivity contribution in [2.24, 2.45) is 4.99 Å². The van der Waals surface area contributed by atoms with Crippen molar-refractivity contribution in [3.63, 3.8) is 0 Å². The van der Waals surface area contributed by atoms with Gasteiger partial charge in [-0.05, 0) is 20.8 Å². The molecular weight excluding hydrogens is 90.1 g/mol. The highest BCUT2D eigenvalue weighted by Gasteiger charge is 2.04. The molecule has 0 spiro atoms. The van der Waals surface area contributed by atoms with Crippen LogP contribution in [0.2, 0.25) is 0 Å². The van der Waals surface area contributed by atoms with Crippen LogP contribution in [0.1, 0.15) is 13.8 Å². The summed E-state index contributed by atoms with van der Waals surface area (Å²) in [6.45, 7) is 7.00. The summed E-state index contributed by atoms with van der Waals surface area (Å²) in [7, 11) is 0. The maximum Gasteiger partial charge on any atom is 0.235 e. The van der Waals surface area contributed by atoms with Gasteiger partial charge in [-0.1, -0.05) is 0 Å². The molecule has 1 radical (unpaired) electrons. The number of hydrogen-bond donors (Lipinski definition) is 0. The molecule has 0 aliphatic rings. The first-order valence-corrected chi connectivity index (χ1v) is 2.00. The lowest BCUT2D eigenvalue weighted by Gasteiger charge is -2.05. The summed E-state index contributed by atoms with van der Waals surface area (Å²) in [5.41, 5.74) is -0.498. The highest BCUT2D eigenvalue weighted by Crippen LogP contribution is 2.02. The first kappa shape index (κ1) is 6.38. The minimum absolute atomic E-state index is 0.498. The van der Waals surface area contributed by atoms with Gasteiger partial charge in [0.15, 0.2) is 0 Å². The Morgan fingerprint density at radius 1 is 1.71 bits per heavy atom. The predicted octanol–water partition coefficient (Wildman–Crippen LogP) is 0.935. The summed E-state index contributed by atoms with van der Waals surface area (Å²) in [5.74, 6) is 0. The minimum atomic E-state index is -0.498. The molecule has 7 heavy (non-hydrogen) atoms. The van der Waals surface area contributed by atoms with E-state index in [-0.39, 0.29) is 0 Å². The number of hydrogen-bond acceptors (Lipinski definition) is 2. The standard InChI is InChI=1S/C5H8NO/c1-5(2,3)6-4-7/h1H2,2-3H3. The second-order valence-corrected chi connectivity index (χ2v) is 2.02. The molecule has 2 nitrogen and oxygen atoms in total. The maximum atomic E-state index is 9.49. The molecule has 0 aromatic carbocycles. The van der Waals surface area contributed by atoms with Crippen molar-refractivity contribution in [2.45, 2.75) is 19.4 Å². The summed E-state index contributed by atoms with van der Waals surface area (Å²) in [5, 5.41) is 0. The highest BCUT2D eigenvalue weighted by atomic mass is 16.1. The molecule has 0 unspecified atom stereocenters. The van der Waals surface area contributed by atoms with Gasteiger partial charge >= 0.3 is 0 Å². The fourth-order valence-corrected chi connectivity index (χ4v) is 0.124. The zero-order valence-electron chi connectivity index (χ0n) is 4.56. The van der Waals surface area contributed by atoms with E-state index in [1.54, 1.807) is 13.8 Å². The average Bonchev–Trinajstić information content (AvgIpc) is 1.30. The van der Waals surface area contributed by atoms with Crippen LogP contribution >= 0.6 is 0 Å². The van der Waals surface area contributed by atoms with Crippen LogP contribution in [0, 0.1) is 6.92 Å². The molecule has 0 saturated carbocycles. The van der Waals surface area contributed by atoms with Gasteiger partial charge in [0.1, 0.15) is 0 Å². The molecule has 0 aliphatic carbocycles. The van der Waals surface area contributed by atoms with Crippen molar-refractivity contribution < 1.29 is 4.79 Å². The Morgan fingerprint density at radius 3 is 2.14 bits per heavy atom. The van der Waals surface area contributed by atoms with E-state index in [0.717, 1.165) is 0 Å². The van der Waals surface area contributed by atoms with Crippen molar-refractivity contribution in [3.05, 3.63) is 6.92 Å². The lowest BCUT2D eigenvalue weighted by atomic mass is 10.1. The Kier molecular flexibility index (Phi) is 1.73. The van der Waals surface area contributed by atoms with Crippen LogP contribution < -0.4 is 0 Å². The molecule has 0 heterocycles. The topological polar surface area (TPSA) is 29.4 Å².